The van der Waals surface area contributed by atoms with Gasteiger partial charge >= 0.3 is 0 Å². The molecule has 0 aliphatic carbocycles. The van der Waals surface area contributed by atoms with E-state index in [4.69, 9.17) is 9.68 Å². The van der Waals surface area contributed by atoms with E-state index < -0.39 is 0 Å². The van der Waals surface area contributed by atoms with Gasteiger partial charge in [0.25, 0.3) is 0 Å². The molecule has 0 fully saturated rings. The van der Waals surface area contributed by atoms with Gasteiger partial charge in [-0.15, -0.1) is 0 Å². The van der Waals surface area contributed by atoms with E-state index in [1.807, 2.05) is 24.1 Å². The maximum Gasteiger partial charge on any atom is 0.132 e. The molecule has 0 atom stereocenters. The SMILES string of the molecule is CN(CCC#N)c1cc(-c2ccoc2)ncn1. The van der Waals surface area contributed by atoms with Crippen LogP contribution < -0.4 is 4.90 Å². The predicted molar refractivity (Wildman–Crippen MR) is 63.2 cm³/mol. The van der Waals surface area contributed by atoms with Crippen molar-refractivity contribution in [2.75, 3.05) is 18.5 Å². The molecule has 0 radical (unpaired) electrons. The number of anilines is 1. The molecule has 0 saturated heterocycles. The highest BCUT2D eigenvalue weighted by molar-refractivity contribution is 5.60. The maximum absolute atomic E-state index is 8.55. The van der Waals surface area contributed by atoms with Crippen LogP contribution in [0.1, 0.15) is 6.42 Å². The van der Waals surface area contributed by atoms with E-state index in [1.165, 1.54) is 6.33 Å². The van der Waals surface area contributed by atoms with Crippen LogP contribution >= 0.6 is 0 Å². The number of nitriles is 1. The minimum absolute atomic E-state index is 0.474. The van der Waals surface area contributed by atoms with Crippen molar-refractivity contribution in [3.05, 3.63) is 31.0 Å². The third-order valence-electron chi connectivity index (χ3n) is 2.42. The van der Waals surface area contributed by atoms with Crippen molar-refractivity contribution < 1.29 is 4.42 Å². The zero-order chi connectivity index (χ0) is 12.1. The third kappa shape index (κ3) is 2.61. The van der Waals surface area contributed by atoms with Gasteiger partial charge in [-0.1, -0.05) is 0 Å². The molecule has 0 aliphatic rings. The van der Waals surface area contributed by atoms with Crippen LogP contribution in [0.3, 0.4) is 0 Å². The van der Waals surface area contributed by atoms with E-state index in [1.54, 1.807) is 12.5 Å². The van der Waals surface area contributed by atoms with Gasteiger partial charge < -0.3 is 9.32 Å². The van der Waals surface area contributed by atoms with Crippen LogP contribution in [-0.2, 0) is 0 Å². The van der Waals surface area contributed by atoms with Crippen molar-refractivity contribution in [1.29, 1.82) is 5.26 Å². The Kier molecular flexibility index (Phi) is 3.36. The maximum atomic E-state index is 8.55. The van der Waals surface area contributed by atoms with E-state index in [9.17, 15) is 0 Å². The topological polar surface area (TPSA) is 66.0 Å². The van der Waals surface area contributed by atoms with Gasteiger partial charge in [0.05, 0.1) is 30.7 Å². The second-order valence-corrected chi connectivity index (χ2v) is 3.60. The van der Waals surface area contributed by atoms with Crippen LogP contribution in [0.25, 0.3) is 11.3 Å². The second-order valence-electron chi connectivity index (χ2n) is 3.60. The Morgan fingerprint density at radius 1 is 1.47 bits per heavy atom. The Bertz CT molecular complexity index is 516. The van der Waals surface area contributed by atoms with Gasteiger partial charge in [-0.25, -0.2) is 9.97 Å². The third-order valence-corrected chi connectivity index (χ3v) is 2.42. The summed E-state index contributed by atoms with van der Waals surface area (Å²) in [6.45, 7) is 0.651. The lowest BCUT2D eigenvalue weighted by Gasteiger charge is -2.16. The summed E-state index contributed by atoms with van der Waals surface area (Å²) in [7, 11) is 1.90. The molecule has 2 aromatic heterocycles. The van der Waals surface area contributed by atoms with Gasteiger partial charge in [-0.2, -0.15) is 5.26 Å². The minimum Gasteiger partial charge on any atom is -0.472 e. The number of rotatable bonds is 4. The molecular weight excluding hydrogens is 216 g/mol. The largest absolute Gasteiger partial charge is 0.472 e. The highest BCUT2D eigenvalue weighted by atomic mass is 16.3. The summed E-state index contributed by atoms with van der Waals surface area (Å²) in [6, 6.07) is 5.84. The quantitative estimate of drug-likeness (QED) is 0.801. The summed E-state index contributed by atoms with van der Waals surface area (Å²) in [5.74, 6) is 0.798. The molecule has 2 aromatic rings. The van der Waals surface area contributed by atoms with Crippen molar-refractivity contribution in [3.8, 4) is 17.3 Å². The molecular formula is C12H12N4O. The molecule has 0 amide bonds. The molecule has 2 rings (SSSR count). The van der Waals surface area contributed by atoms with Crippen molar-refractivity contribution in [3.63, 3.8) is 0 Å². The van der Waals surface area contributed by atoms with Crippen molar-refractivity contribution in [2.24, 2.45) is 0 Å². The normalized spacial score (nSPS) is 9.88. The fraction of sp³-hybridized carbons (Fsp3) is 0.250. The summed E-state index contributed by atoms with van der Waals surface area (Å²) >= 11 is 0. The van der Waals surface area contributed by atoms with Crippen LogP contribution in [0.5, 0.6) is 0 Å². The average molecular weight is 228 g/mol. The van der Waals surface area contributed by atoms with Gasteiger partial charge in [0.1, 0.15) is 12.1 Å². The molecule has 5 nitrogen and oxygen atoms in total. The summed E-state index contributed by atoms with van der Waals surface area (Å²) in [5.41, 5.74) is 1.73. The molecule has 0 saturated carbocycles. The van der Waals surface area contributed by atoms with Crippen LogP contribution in [-0.4, -0.2) is 23.6 Å². The van der Waals surface area contributed by atoms with Crippen LogP contribution in [0, 0.1) is 11.3 Å². The number of aromatic nitrogens is 2. The zero-order valence-electron chi connectivity index (χ0n) is 9.50. The Balaban J connectivity index is 2.20. The average Bonchev–Trinajstić information content (AvgIpc) is 2.90. The summed E-state index contributed by atoms with van der Waals surface area (Å²) in [4.78, 5) is 10.3. The monoisotopic (exact) mass is 228 g/mol. The molecule has 0 aliphatic heterocycles. The molecule has 0 bridgehead atoms. The van der Waals surface area contributed by atoms with Crippen molar-refractivity contribution >= 4 is 5.82 Å². The van der Waals surface area contributed by atoms with Crippen molar-refractivity contribution in [2.45, 2.75) is 6.42 Å². The first kappa shape index (κ1) is 11.1. The molecule has 0 unspecified atom stereocenters. The second kappa shape index (κ2) is 5.12. The highest BCUT2D eigenvalue weighted by Gasteiger charge is 2.06. The van der Waals surface area contributed by atoms with E-state index in [0.29, 0.717) is 13.0 Å². The summed E-state index contributed by atoms with van der Waals surface area (Å²) in [6.07, 6.45) is 5.24. The Morgan fingerprint density at radius 3 is 3.06 bits per heavy atom. The predicted octanol–water partition coefficient (Wildman–Crippen LogP) is 2.09. The van der Waals surface area contributed by atoms with Crippen molar-refractivity contribution in [1.82, 2.24) is 9.97 Å². The van der Waals surface area contributed by atoms with E-state index in [2.05, 4.69) is 16.0 Å². The zero-order valence-corrected chi connectivity index (χ0v) is 9.50. The summed E-state index contributed by atoms with van der Waals surface area (Å²) in [5, 5.41) is 8.55. The highest BCUT2D eigenvalue weighted by Crippen LogP contribution is 2.20. The fourth-order valence-electron chi connectivity index (χ4n) is 1.46. The minimum atomic E-state index is 0.474. The number of hydrogen-bond acceptors (Lipinski definition) is 5. The van der Waals surface area contributed by atoms with Crippen LogP contribution in [0.4, 0.5) is 5.82 Å². The molecule has 2 heterocycles. The first-order valence-corrected chi connectivity index (χ1v) is 5.24. The molecule has 0 N–H and O–H groups in total. The molecule has 5 heteroatoms. The van der Waals surface area contributed by atoms with Crippen LogP contribution in [0.15, 0.2) is 35.4 Å². The molecule has 86 valence electrons. The summed E-state index contributed by atoms with van der Waals surface area (Å²) < 4.78 is 5.02. The Morgan fingerprint density at radius 2 is 2.35 bits per heavy atom. The number of furan rings is 1. The Hall–Kier alpha value is -2.35. The number of nitrogens with zero attached hydrogens (tertiary/aromatic N) is 4. The number of hydrogen-bond donors (Lipinski definition) is 0. The molecule has 17 heavy (non-hydrogen) atoms. The lowest BCUT2D eigenvalue weighted by Crippen LogP contribution is -2.19. The molecule has 0 aromatic carbocycles. The van der Waals surface area contributed by atoms with Gasteiger partial charge in [0.2, 0.25) is 0 Å². The lowest BCUT2D eigenvalue weighted by molar-refractivity contribution is 0.568. The van der Waals surface area contributed by atoms with E-state index >= 15 is 0 Å². The van der Waals surface area contributed by atoms with Crippen LogP contribution in [0.2, 0.25) is 0 Å². The fourth-order valence-corrected chi connectivity index (χ4v) is 1.46. The smallest absolute Gasteiger partial charge is 0.132 e. The van der Waals surface area contributed by atoms with Gasteiger partial charge in [-0.3, -0.25) is 0 Å². The molecule has 0 spiro atoms. The van der Waals surface area contributed by atoms with E-state index in [-0.39, 0.29) is 0 Å². The van der Waals surface area contributed by atoms with Gasteiger partial charge in [-0.05, 0) is 6.07 Å². The standard InChI is InChI=1S/C12H12N4O/c1-16(5-2-4-13)12-7-11(14-9-15-12)10-3-6-17-8-10/h3,6-9H,2,5H2,1H3. The first-order chi connectivity index (χ1) is 8.31. The Labute approximate surface area is 99.3 Å². The van der Waals surface area contributed by atoms with Gasteiger partial charge in [0, 0.05) is 25.2 Å². The first-order valence-electron chi connectivity index (χ1n) is 5.24. The lowest BCUT2D eigenvalue weighted by atomic mass is 10.2. The van der Waals surface area contributed by atoms with Gasteiger partial charge in [0.15, 0.2) is 0 Å². The van der Waals surface area contributed by atoms with E-state index in [0.717, 1.165) is 17.1 Å².